The van der Waals surface area contributed by atoms with Crippen LogP contribution in [0.25, 0.3) is 0 Å². The van der Waals surface area contributed by atoms with E-state index in [-0.39, 0.29) is 0 Å². The second-order valence-electron chi connectivity index (χ2n) is 4.01. The number of hydrogen-bond acceptors (Lipinski definition) is 6. The molecule has 1 fully saturated rings. The standard InChI is InChI=1S/C12H19BN2O4/c1-2-16-19-13(17-12-6-4-3-5-7-12)18-15-10-8-14-9-11-15/h3-7,14H,2,8-11H2,1H3. The molecule has 0 saturated carbocycles. The summed E-state index contributed by atoms with van der Waals surface area (Å²) in [6.07, 6.45) is 0. The summed E-state index contributed by atoms with van der Waals surface area (Å²) >= 11 is 0. The molecule has 0 aliphatic carbocycles. The predicted molar refractivity (Wildman–Crippen MR) is 71.1 cm³/mol. The Morgan fingerprint density at radius 3 is 2.63 bits per heavy atom. The maximum Gasteiger partial charge on any atom is 0.759 e. The summed E-state index contributed by atoms with van der Waals surface area (Å²) in [5.74, 6) is 0.669. The van der Waals surface area contributed by atoms with Crippen molar-refractivity contribution in [2.75, 3.05) is 32.8 Å². The van der Waals surface area contributed by atoms with Crippen LogP contribution in [0.15, 0.2) is 30.3 Å². The summed E-state index contributed by atoms with van der Waals surface area (Å²) in [5.41, 5.74) is 0. The zero-order valence-electron chi connectivity index (χ0n) is 11.1. The van der Waals surface area contributed by atoms with E-state index in [0.29, 0.717) is 12.4 Å². The molecule has 0 unspecified atom stereocenters. The van der Waals surface area contributed by atoms with E-state index in [0.717, 1.165) is 26.2 Å². The molecule has 0 aromatic heterocycles. The van der Waals surface area contributed by atoms with Crippen LogP contribution in [0.5, 0.6) is 5.75 Å². The predicted octanol–water partition coefficient (Wildman–Crippen LogP) is 0.855. The van der Waals surface area contributed by atoms with E-state index in [9.17, 15) is 0 Å². The molecule has 1 aliphatic rings. The van der Waals surface area contributed by atoms with E-state index >= 15 is 0 Å². The van der Waals surface area contributed by atoms with Crippen molar-refractivity contribution in [2.24, 2.45) is 0 Å². The Hall–Kier alpha value is -1.12. The Balaban J connectivity index is 1.87. The van der Waals surface area contributed by atoms with Crippen molar-refractivity contribution in [1.29, 1.82) is 0 Å². The first-order valence-corrected chi connectivity index (χ1v) is 6.51. The fraction of sp³-hybridized carbons (Fsp3) is 0.500. The lowest BCUT2D eigenvalue weighted by atomic mass is 10.2. The summed E-state index contributed by atoms with van der Waals surface area (Å²) in [6.45, 7) is 5.59. The van der Waals surface area contributed by atoms with Gasteiger partial charge in [-0.3, -0.25) is 4.76 Å². The second-order valence-corrected chi connectivity index (χ2v) is 4.01. The number of hydrogen-bond donors (Lipinski definition) is 1. The largest absolute Gasteiger partial charge is 0.759 e. The summed E-state index contributed by atoms with van der Waals surface area (Å²) in [6, 6.07) is 9.37. The van der Waals surface area contributed by atoms with Crippen molar-refractivity contribution in [1.82, 2.24) is 10.4 Å². The van der Waals surface area contributed by atoms with Crippen molar-refractivity contribution < 1.29 is 19.1 Å². The normalized spacial score (nSPS) is 16.3. The number of para-hydroxylation sites is 1. The van der Waals surface area contributed by atoms with Crippen LogP contribution in [0.2, 0.25) is 0 Å². The molecule has 0 atom stereocenters. The Labute approximate surface area is 113 Å². The van der Waals surface area contributed by atoms with E-state index < -0.39 is 7.32 Å². The van der Waals surface area contributed by atoms with E-state index in [1.165, 1.54) is 0 Å². The van der Waals surface area contributed by atoms with Gasteiger partial charge < -0.3 is 9.97 Å². The zero-order chi connectivity index (χ0) is 13.3. The molecular weight excluding hydrogens is 247 g/mol. The molecule has 1 N–H and O–H groups in total. The lowest BCUT2D eigenvalue weighted by Crippen LogP contribution is -2.48. The van der Waals surface area contributed by atoms with Crippen LogP contribution in [-0.4, -0.2) is 45.2 Å². The molecule has 0 radical (unpaired) electrons. The van der Waals surface area contributed by atoms with Crippen molar-refractivity contribution in [2.45, 2.75) is 6.92 Å². The number of benzene rings is 1. The highest BCUT2D eigenvalue weighted by molar-refractivity contribution is 6.36. The average molecular weight is 266 g/mol. The van der Waals surface area contributed by atoms with Crippen molar-refractivity contribution >= 4 is 7.32 Å². The number of nitrogens with one attached hydrogen (secondary N) is 1. The molecule has 1 heterocycles. The van der Waals surface area contributed by atoms with Gasteiger partial charge in [-0.25, -0.2) is 9.69 Å². The molecule has 1 aromatic carbocycles. The van der Waals surface area contributed by atoms with Crippen molar-refractivity contribution in [3.8, 4) is 5.75 Å². The van der Waals surface area contributed by atoms with Crippen molar-refractivity contribution in [3.05, 3.63) is 30.3 Å². The molecular formula is C12H19BN2O4. The first-order chi connectivity index (χ1) is 9.38. The quantitative estimate of drug-likeness (QED) is 0.448. The van der Waals surface area contributed by atoms with Gasteiger partial charge in [-0.15, -0.1) is 0 Å². The van der Waals surface area contributed by atoms with Crippen LogP contribution < -0.4 is 9.97 Å². The minimum Gasteiger partial charge on any atom is -0.510 e. The molecule has 0 amide bonds. The Kier molecular flexibility index (Phi) is 6.12. The number of rotatable bonds is 7. The van der Waals surface area contributed by atoms with E-state index in [1.807, 2.05) is 42.3 Å². The monoisotopic (exact) mass is 266 g/mol. The van der Waals surface area contributed by atoms with Crippen LogP contribution >= 0.6 is 0 Å². The molecule has 1 saturated heterocycles. The molecule has 19 heavy (non-hydrogen) atoms. The van der Waals surface area contributed by atoms with Crippen LogP contribution in [0.4, 0.5) is 0 Å². The number of nitrogens with zero attached hydrogens (tertiary/aromatic N) is 1. The van der Waals surface area contributed by atoms with Gasteiger partial charge in [-0.1, -0.05) is 18.2 Å². The molecule has 7 heteroatoms. The minimum absolute atomic E-state index is 0.430. The molecule has 6 nitrogen and oxygen atoms in total. The third-order valence-electron chi connectivity index (χ3n) is 2.55. The summed E-state index contributed by atoms with van der Waals surface area (Å²) in [5, 5.41) is 5.05. The van der Waals surface area contributed by atoms with Crippen LogP contribution in [0.3, 0.4) is 0 Å². The summed E-state index contributed by atoms with van der Waals surface area (Å²) < 4.78 is 11.2. The highest BCUT2D eigenvalue weighted by atomic mass is 17.2. The lowest BCUT2D eigenvalue weighted by Gasteiger charge is -2.28. The number of hydroxylamine groups is 2. The van der Waals surface area contributed by atoms with Gasteiger partial charge in [0.05, 0.1) is 6.61 Å². The number of piperazine rings is 1. The lowest BCUT2D eigenvalue weighted by molar-refractivity contribution is -0.252. The van der Waals surface area contributed by atoms with Gasteiger partial charge in [0, 0.05) is 26.2 Å². The fourth-order valence-corrected chi connectivity index (χ4v) is 1.66. The summed E-state index contributed by atoms with van der Waals surface area (Å²) in [7, 11) is -0.902. The van der Waals surface area contributed by atoms with Crippen LogP contribution in [0.1, 0.15) is 6.92 Å². The van der Waals surface area contributed by atoms with Crippen LogP contribution in [0, 0.1) is 0 Å². The topological polar surface area (TPSA) is 52.2 Å². The minimum atomic E-state index is -0.902. The molecule has 1 aromatic rings. The van der Waals surface area contributed by atoms with Gasteiger partial charge in [0.25, 0.3) is 0 Å². The second kappa shape index (κ2) is 8.14. The SMILES string of the molecule is CCOOB(Oc1ccccc1)ON1CCNCC1. The van der Waals surface area contributed by atoms with E-state index in [2.05, 4.69) is 5.32 Å². The third kappa shape index (κ3) is 5.18. The fourth-order valence-electron chi connectivity index (χ4n) is 1.66. The smallest absolute Gasteiger partial charge is 0.510 e. The molecule has 104 valence electrons. The Morgan fingerprint density at radius 2 is 1.95 bits per heavy atom. The average Bonchev–Trinajstić information content (AvgIpc) is 2.47. The molecule has 0 bridgehead atoms. The van der Waals surface area contributed by atoms with Crippen LogP contribution in [-0.2, 0) is 14.4 Å². The molecule has 1 aliphatic heterocycles. The van der Waals surface area contributed by atoms with E-state index in [4.69, 9.17) is 19.1 Å². The Bertz CT molecular complexity index is 349. The first kappa shape index (κ1) is 14.3. The molecule has 2 rings (SSSR count). The van der Waals surface area contributed by atoms with Gasteiger partial charge in [0.15, 0.2) is 0 Å². The first-order valence-electron chi connectivity index (χ1n) is 6.51. The van der Waals surface area contributed by atoms with Crippen molar-refractivity contribution in [3.63, 3.8) is 0 Å². The van der Waals surface area contributed by atoms with Gasteiger partial charge in [-0.05, 0) is 19.1 Å². The maximum absolute atomic E-state index is 5.62. The summed E-state index contributed by atoms with van der Waals surface area (Å²) in [4.78, 5) is 10.0. The molecule has 0 spiro atoms. The highest BCUT2D eigenvalue weighted by Gasteiger charge is 2.30. The van der Waals surface area contributed by atoms with Gasteiger partial charge in [-0.2, -0.15) is 5.06 Å². The maximum atomic E-state index is 5.62. The zero-order valence-corrected chi connectivity index (χ0v) is 11.1. The van der Waals surface area contributed by atoms with Gasteiger partial charge >= 0.3 is 7.32 Å². The van der Waals surface area contributed by atoms with E-state index in [1.54, 1.807) is 0 Å². The Morgan fingerprint density at radius 1 is 1.21 bits per heavy atom. The third-order valence-corrected chi connectivity index (χ3v) is 2.55. The highest BCUT2D eigenvalue weighted by Crippen LogP contribution is 2.11. The van der Waals surface area contributed by atoms with Gasteiger partial charge in [0.1, 0.15) is 5.75 Å². The van der Waals surface area contributed by atoms with Gasteiger partial charge in [0.2, 0.25) is 0 Å².